The fourth-order valence-corrected chi connectivity index (χ4v) is 7.63. The Bertz CT molecular complexity index is 1300. The second-order valence-corrected chi connectivity index (χ2v) is 18.5. The largest absolute Gasteiger partial charge is 0.462 e. The van der Waals surface area contributed by atoms with Gasteiger partial charge in [0.15, 0.2) is 6.10 Å². The van der Waals surface area contributed by atoms with Crippen LogP contribution in [0.1, 0.15) is 265 Å². The molecule has 0 aromatic carbocycles. The van der Waals surface area contributed by atoms with Gasteiger partial charge in [-0.15, -0.1) is 0 Å². The molecule has 67 heavy (non-hydrogen) atoms. The molecule has 0 saturated carbocycles. The van der Waals surface area contributed by atoms with E-state index in [2.05, 4.69) is 106 Å². The molecule has 0 N–H and O–H groups in total. The van der Waals surface area contributed by atoms with Crippen molar-refractivity contribution in [1.29, 1.82) is 0 Å². The highest BCUT2D eigenvalue weighted by molar-refractivity contribution is 5.71. The molecule has 0 heterocycles. The summed E-state index contributed by atoms with van der Waals surface area (Å²) in [6.07, 6.45) is 71.3. The number of unbranched alkanes of at least 4 members (excludes halogenated alkanes) is 25. The van der Waals surface area contributed by atoms with Gasteiger partial charge in [-0.25, -0.2) is 0 Å². The molecule has 6 heteroatoms. The average Bonchev–Trinajstić information content (AvgIpc) is 3.33. The molecule has 0 fully saturated rings. The molecule has 1 atom stereocenters. The molecule has 0 spiro atoms. The van der Waals surface area contributed by atoms with E-state index in [4.69, 9.17) is 14.2 Å². The van der Waals surface area contributed by atoms with Crippen molar-refractivity contribution in [2.45, 2.75) is 271 Å². The molecule has 0 aliphatic carbocycles. The molecule has 0 amide bonds. The number of ether oxygens (including phenoxy) is 3. The van der Waals surface area contributed by atoms with Gasteiger partial charge in [-0.05, 0) is 116 Å². The number of hydrogen-bond donors (Lipinski definition) is 0. The van der Waals surface area contributed by atoms with Gasteiger partial charge in [0.25, 0.3) is 0 Å². The van der Waals surface area contributed by atoms with Crippen LogP contribution in [0.4, 0.5) is 0 Å². The summed E-state index contributed by atoms with van der Waals surface area (Å²) in [5.74, 6) is -0.923. The number of allylic oxidation sites excluding steroid dienone is 14. The summed E-state index contributed by atoms with van der Waals surface area (Å²) in [5, 5.41) is 0. The van der Waals surface area contributed by atoms with Crippen LogP contribution in [0, 0.1) is 0 Å². The second-order valence-electron chi connectivity index (χ2n) is 18.5. The predicted molar refractivity (Wildman–Crippen MR) is 288 cm³/mol. The molecule has 0 bridgehead atoms. The van der Waals surface area contributed by atoms with E-state index >= 15 is 0 Å². The van der Waals surface area contributed by atoms with Gasteiger partial charge < -0.3 is 14.2 Å². The molecule has 0 saturated heterocycles. The topological polar surface area (TPSA) is 78.9 Å². The van der Waals surface area contributed by atoms with Gasteiger partial charge in [-0.1, -0.05) is 215 Å². The molecule has 0 aromatic heterocycles. The number of rotatable bonds is 50. The second kappa shape index (κ2) is 55.2. The van der Waals surface area contributed by atoms with Crippen molar-refractivity contribution in [3.05, 3.63) is 85.1 Å². The number of carbonyl (C=O) groups is 3. The van der Waals surface area contributed by atoms with E-state index in [1.807, 2.05) is 0 Å². The lowest BCUT2D eigenvalue weighted by molar-refractivity contribution is -0.167. The first kappa shape index (κ1) is 63.6. The lowest BCUT2D eigenvalue weighted by Gasteiger charge is -2.18. The SMILES string of the molecule is CC/C=C\C/C=C\C/C=C\C/C=C\CCCCCCCCC(=O)OCC(COC(=O)CCCCCCC/C=C\CCCCCCC)OC(=O)CCCCCCC/C=C\C/C=C\CCCCCC. The molecule has 384 valence electrons. The van der Waals surface area contributed by atoms with Crippen LogP contribution < -0.4 is 0 Å². The highest BCUT2D eigenvalue weighted by atomic mass is 16.6. The molecule has 0 rings (SSSR count). The molecule has 1 unspecified atom stereocenters. The third kappa shape index (κ3) is 53.4. The number of hydrogen-bond acceptors (Lipinski definition) is 6. The van der Waals surface area contributed by atoms with Gasteiger partial charge in [-0.2, -0.15) is 0 Å². The monoisotopic (exact) mass is 933 g/mol. The minimum atomic E-state index is -0.794. The lowest BCUT2D eigenvalue weighted by atomic mass is 10.1. The van der Waals surface area contributed by atoms with Crippen molar-refractivity contribution in [3.63, 3.8) is 0 Å². The maximum absolute atomic E-state index is 12.8. The summed E-state index contributed by atoms with van der Waals surface area (Å²) in [5.41, 5.74) is 0. The standard InChI is InChI=1S/C61H104O6/c1-4-7-10-13-16-19-22-25-28-30-31-32-34-36-39-42-45-48-51-54-60(63)66-57-58(56-65-59(62)53-50-47-44-41-38-35-27-24-21-18-15-12-9-6-3)67-61(64)55-52-49-46-43-40-37-33-29-26-23-20-17-14-11-8-5-2/h7,10,16,19-20,23-25,27-29,31-33,58H,4-6,8-9,11-15,17-18,21-22,26,30,34-57H2,1-3H3/b10-7-,19-16-,23-20-,27-24-,28-25-,32-31-,33-29-. The summed E-state index contributed by atoms with van der Waals surface area (Å²) >= 11 is 0. The van der Waals surface area contributed by atoms with Crippen LogP contribution in [0.25, 0.3) is 0 Å². The van der Waals surface area contributed by atoms with Gasteiger partial charge >= 0.3 is 17.9 Å². The van der Waals surface area contributed by atoms with E-state index in [1.165, 1.54) is 96.3 Å². The van der Waals surface area contributed by atoms with Gasteiger partial charge in [0.2, 0.25) is 0 Å². The van der Waals surface area contributed by atoms with Crippen molar-refractivity contribution in [3.8, 4) is 0 Å². The van der Waals surface area contributed by atoms with Crippen LogP contribution in [0.2, 0.25) is 0 Å². The minimum absolute atomic E-state index is 0.0913. The van der Waals surface area contributed by atoms with E-state index < -0.39 is 6.10 Å². The lowest BCUT2D eigenvalue weighted by Crippen LogP contribution is -2.30. The van der Waals surface area contributed by atoms with Crippen molar-refractivity contribution in [1.82, 2.24) is 0 Å². The fraction of sp³-hybridized carbons (Fsp3) is 0.721. The first-order valence-electron chi connectivity index (χ1n) is 28.1. The molecule has 0 aliphatic heterocycles. The Hall–Kier alpha value is -3.41. The fourth-order valence-electron chi connectivity index (χ4n) is 7.63. The van der Waals surface area contributed by atoms with E-state index in [-0.39, 0.29) is 31.1 Å². The van der Waals surface area contributed by atoms with Crippen LogP contribution in [-0.2, 0) is 28.6 Å². The van der Waals surface area contributed by atoms with Crippen LogP contribution in [-0.4, -0.2) is 37.2 Å². The first-order chi connectivity index (χ1) is 33.0. The van der Waals surface area contributed by atoms with E-state index in [1.54, 1.807) is 0 Å². The van der Waals surface area contributed by atoms with Crippen LogP contribution >= 0.6 is 0 Å². The Morgan fingerprint density at radius 1 is 0.313 bits per heavy atom. The minimum Gasteiger partial charge on any atom is -0.462 e. The molecule has 6 nitrogen and oxygen atoms in total. The zero-order valence-electron chi connectivity index (χ0n) is 43.9. The quantitative estimate of drug-likeness (QED) is 0.0262. The Balaban J connectivity index is 4.44. The normalized spacial score (nSPS) is 12.7. The predicted octanol–water partition coefficient (Wildman–Crippen LogP) is 18.8. The summed E-state index contributed by atoms with van der Waals surface area (Å²) in [6, 6.07) is 0. The van der Waals surface area contributed by atoms with Crippen LogP contribution in [0.3, 0.4) is 0 Å². The zero-order valence-corrected chi connectivity index (χ0v) is 43.9. The summed E-state index contributed by atoms with van der Waals surface area (Å²) in [7, 11) is 0. The number of esters is 3. The van der Waals surface area contributed by atoms with Crippen LogP contribution in [0.15, 0.2) is 85.1 Å². The third-order valence-electron chi connectivity index (χ3n) is 11.9. The summed E-state index contributed by atoms with van der Waals surface area (Å²) in [4.78, 5) is 38.1. The molecular formula is C61H104O6. The van der Waals surface area contributed by atoms with Crippen LogP contribution in [0.5, 0.6) is 0 Å². The van der Waals surface area contributed by atoms with Gasteiger partial charge in [0, 0.05) is 19.3 Å². The maximum Gasteiger partial charge on any atom is 0.306 e. The number of carbonyl (C=O) groups excluding carboxylic acids is 3. The van der Waals surface area contributed by atoms with Crippen molar-refractivity contribution in [2.75, 3.05) is 13.2 Å². The average molecular weight is 933 g/mol. The summed E-state index contributed by atoms with van der Waals surface area (Å²) in [6.45, 7) is 6.48. The van der Waals surface area contributed by atoms with Crippen molar-refractivity contribution in [2.24, 2.45) is 0 Å². The van der Waals surface area contributed by atoms with E-state index in [0.717, 1.165) is 128 Å². The van der Waals surface area contributed by atoms with Gasteiger partial charge in [0.1, 0.15) is 13.2 Å². The van der Waals surface area contributed by atoms with Crippen molar-refractivity contribution >= 4 is 17.9 Å². The molecular weight excluding hydrogens is 829 g/mol. The molecule has 0 aliphatic rings. The smallest absolute Gasteiger partial charge is 0.306 e. The highest BCUT2D eigenvalue weighted by Gasteiger charge is 2.19. The summed E-state index contributed by atoms with van der Waals surface area (Å²) < 4.78 is 16.8. The molecule has 0 aromatic rings. The van der Waals surface area contributed by atoms with E-state index in [0.29, 0.717) is 19.3 Å². The Labute approximate surface area is 414 Å². The Morgan fingerprint density at radius 3 is 0.940 bits per heavy atom. The Morgan fingerprint density at radius 2 is 0.582 bits per heavy atom. The van der Waals surface area contributed by atoms with Gasteiger partial charge in [-0.3, -0.25) is 14.4 Å². The third-order valence-corrected chi connectivity index (χ3v) is 11.9. The molecule has 0 radical (unpaired) electrons. The van der Waals surface area contributed by atoms with Gasteiger partial charge in [0.05, 0.1) is 0 Å². The van der Waals surface area contributed by atoms with E-state index in [9.17, 15) is 14.4 Å². The van der Waals surface area contributed by atoms with Crippen molar-refractivity contribution < 1.29 is 28.6 Å². The zero-order chi connectivity index (χ0) is 48.6. The Kier molecular flexibility index (Phi) is 52.4. The first-order valence-corrected chi connectivity index (χ1v) is 28.1. The maximum atomic E-state index is 12.8. The highest BCUT2D eigenvalue weighted by Crippen LogP contribution is 2.14.